The Kier molecular flexibility index (Phi) is 3.30. The molecule has 3 heteroatoms. The van der Waals surface area contributed by atoms with Crippen LogP contribution in [0.15, 0.2) is 22.7 Å². The molecular weight excluding hydrogens is 278 g/mol. The molecule has 1 fully saturated rings. The molecule has 1 aliphatic rings. The van der Waals surface area contributed by atoms with Crippen molar-refractivity contribution in [3.63, 3.8) is 0 Å². The van der Waals surface area contributed by atoms with Crippen molar-refractivity contribution in [2.24, 2.45) is 5.41 Å². The molecular formula is C14H18BrNO. The van der Waals surface area contributed by atoms with Gasteiger partial charge in [0.05, 0.1) is 0 Å². The van der Waals surface area contributed by atoms with Gasteiger partial charge in [-0.1, -0.05) is 29.8 Å². The Hall–Kier alpha value is -0.830. The highest BCUT2D eigenvalue weighted by Crippen LogP contribution is 2.35. The Morgan fingerprint density at radius 1 is 1.41 bits per heavy atom. The second-order valence-electron chi connectivity index (χ2n) is 5.55. The summed E-state index contributed by atoms with van der Waals surface area (Å²) < 4.78 is 1.03. The summed E-state index contributed by atoms with van der Waals surface area (Å²) in [7, 11) is 0. The van der Waals surface area contributed by atoms with Crippen molar-refractivity contribution in [3.05, 3.63) is 28.2 Å². The summed E-state index contributed by atoms with van der Waals surface area (Å²) in [5.41, 5.74) is 2.24. The topological polar surface area (TPSA) is 20.3 Å². The Morgan fingerprint density at radius 2 is 2.12 bits per heavy atom. The van der Waals surface area contributed by atoms with Gasteiger partial charge in [0, 0.05) is 28.8 Å². The van der Waals surface area contributed by atoms with Crippen molar-refractivity contribution in [3.8, 4) is 0 Å². The van der Waals surface area contributed by atoms with E-state index in [-0.39, 0.29) is 5.78 Å². The summed E-state index contributed by atoms with van der Waals surface area (Å²) in [5, 5.41) is 0. The fraction of sp³-hybridized carbons (Fsp3) is 0.500. The van der Waals surface area contributed by atoms with Crippen LogP contribution in [0.5, 0.6) is 0 Å². The second kappa shape index (κ2) is 4.45. The lowest BCUT2D eigenvalue weighted by Gasteiger charge is -2.23. The average molecular weight is 296 g/mol. The highest BCUT2D eigenvalue weighted by Gasteiger charge is 2.30. The minimum Gasteiger partial charge on any atom is -0.370 e. The van der Waals surface area contributed by atoms with Gasteiger partial charge >= 0.3 is 0 Å². The van der Waals surface area contributed by atoms with E-state index < -0.39 is 0 Å². The fourth-order valence-electron chi connectivity index (χ4n) is 2.38. The molecule has 1 aliphatic heterocycles. The molecule has 0 aromatic heterocycles. The molecule has 1 aromatic carbocycles. The standard InChI is InChI=1S/C14H18BrNO/c1-10(17)12-5-4-11(15)8-13(12)16-7-6-14(2,3)9-16/h4-5,8H,6-7,9H2,1-3H3. The number of rotatable bonds is 2. The van der Waals surface area contributed by atoms with E-state index in [1.54, 1.807) is 6.92 Å². The summed E-state index contributed by atoms with van der Waals surface area (Å²) in [6.45, 7) is 8.23. The third-order valence-corrected chi connectivity index (χ3v) is 3.85. The molecule has 0 spiro atoms. The summed E-state index contributed by atoms with van der Waals surface area (Å²) in [5.74, 6) is 0.136. The number of hydrogen-bond donors (Lipinski definition) is 0. The van der Waals surface area contributed by atoms with Crippen LogP contribution in [0.1, 0.15) is 37.6 Å². The predicted octanol–water partition coefficient (Wildman–Crippen LogP) is 3.89. The van der Waals surface area contributed by atoms with Crippen molar-refractivity contribution in [1.29, 1.82) is 0 Å². The Morgan fingerprint density at radius 3 is 2.65 bits per heavy atom. The van der Waals surface area contributed by atoms with Crippen molar-refractivity contribution >= 4 is 27.4 Å². The molecule has 0 saturated carbocycles. The molecule has 92 valence electrons. The molecule has 0 atom stereocenters. The molecule has 1 saturated heterocycles. The third-order valence-electron chi connectivity index (χ3n) is 3.36. The molecule has 17 heavy (non-hydrogen) atoms. The van der Waals surface area contributed by atoms with E-state index in [1.807, 2.05) is 12.1 Å². The van der Waals surface area contributed by atoms with Crippen molar-refractivity contribution in [1.82, 2.24) is 0 Å². The summed E-state index contributed by atoms with van der Waals surface area (Å²) in [4.78, 5) is 14.0. The van der Waals surface area contributed by atoms with E-state index in [2.05, 4.69) is 40.7 Å². The van der Waals surface area contributed by atoms with Crippen molar-refractivity contribution < 1.29 is 4.79 Å². The van der Waals surface area contributed by atoms with Gasteiger partial charge in [0.2, 0.25) is 0 Å². The fourth-order valence-corrected chi connectivity index (χ4v) is 2.73. The van der Waals surface area contributed by atoms with Gasteiger partial charge in [-0.3, -0.25) is 4.79 Å². The van der Waals surface area contributed by atoms with Crippen molar-refractivity contribution in [2.45, 2.75) is 27.2 Å². The lowest BCUT2D eigenvalue weighted by molar-refractivity contribution is 0.101. The van der Waals surface area contributed by atoms with Gasteiger partial charge in [0.25, 0.3) is 0 Å². The molecule has 2 rings (SSSR count). The number of ketones is 1. The van der Waals surface area contributed by atoms with Crippen LogP contribution in [0.25, 0.3) is 0 Å². The van der Waals surface area contributed by atoms with Gasteiger partial charge in [0.1, 0.15) is 0 Å². The first kappa shape index (κ1) is 12.6. The second-order valence-corrected chi connectivity index (χ2v) is 6.47. The largest absolute Gasteiger partial charge is 0.370 e. The summed E-state index contributed by atoms with van der Waals surface area (Å²) in [6, 6.07) is 5.90. The molecule has 0 aliphatic carbocycles. The van der Waals surface area contributed by atoms with Gasteiger partial charge in [-0.15, -0.1) is 0 Å². The first-order valence-corrected chi connectivity index (χ1v) is 6.74. The number of anilines is 1. The number of hydrogen-bond acceptors (Lipinski definition) is 2. The predicted molar refractivity (Wildman–Crippen MR) is 74.8 cm³/mol. The third kappa shape index (κ3) is 2.71. The number of halogens is 1. The average Bonchev–Trinajstić information content (AvgIpc) is 2.58. The molecule has 2 nitrogen and oxygen atoms in total. The molecule has 1 heterocycles. The van der Waals surface area contributed by atoms with Gasteiger partial charge < -0.3 is 4.90 Å². The maximum absolute atomic E-state index is 11.7. The van der Waals surface area contributed by atoms with Crippen LogP contribution in [0.2, 0.25) is 0 Å². The minimum atomic E-state index is 0.136. The molecule has 1 aromatic rings. The van der Waals surface area contributed by atoms with Crippen molar-refractivity contribution in [2.75, 3.05) is 18.0 Å². The normalized spacial score (nSPS) is 18.5. The lowest BCUT2D eigenvalue weighted by atomic mass is 9.93. The number of Topliss-reactive ketones (excluding diaryl/α,β-unsaturated/α-hetero) is 1. The van der Waals surface area contributed by atoms with Crippen LogP contribution in [0, 0.1) is 5.41 Å². The van der Waals surface area contributed by atoms with Gasteiger partial charge in [-0.2, -0.15) is 0 Å². The van der Waals surface area contributed by atoms with E-state index in [1.165, 1.54) is 6.42 Å². The molecule has 0 radical (unpaired) electrons. The van der Waals surface area contributed by atoms with Crippen LogP contribution >= 0.6 is 15.9 Å². The van der Waals surface area contributed by atoms with Gasteiger partial charge in [-0.05, 0) is 37.0 Å². The van der Waals surface area contributed by atoms with E-state index in [4.69, 9.17) is 0 Å². The number of nitrogens with zero attached hydrogens (tertiary/aromatic N) is 1. The number of carbonyl (C=O) groups is 1. The van der Waals surface area contributed by atoms with Crippen LogP contribution < -0.4 is 4.90 Å². The lowest BCUT2D eigenvalue weighted by Crippen LogP contribution is -2.24. The highest BCUT2D eigenvalue weighted by molar-refractivity contribution is 9.10. The highest BCUT2D eigenvalue weighted by atomic mass is 79.9. The zero-order chi connectivity index (χ0) is 12.6. The maximum atomic E-state index is 11.7. The van der Waals surface area contributed by atoms with E-state index >= 15 is 0 Å². The number of benzene rings is 1. The summed E-state index contributed by atoms with van der Waals surface area (Å²) in [6.07, 6.45) is 1.18. The molecule has 0 bridgehead atoms. The van der Waals surface area contributed by atoms with E-state index in [9.17, 15) is 4.79 Å². The first-order chi connectivity index (χ1) is 7.89. The Bertz CT molecular complexity index is 454. The van der Waals surface area contributed by atoms with Gasteiger partial charge in [-0.25, -0.2) is 0 Å². The molecule has 0 amide bonds. The zero-order valence-electron chi connectivity index (χ0n) is 10.6. The number of carbonyl (C=O) groups excluding carboxylic acids is 1. The summed E-state index contributed by atoms with van der Waals surface area (Å²) >= 11 is 3.48. The van der Waals surface area contributed by atoms with Crippen LogP contribution in [0.4, 0.5) is 5.69 Å². The van der Waals surface area contributed by atoms with E-state index in [0.29, 0.717) is 5.41 Å². The Balaban J connectivity index is 2.38. The first-order valence-electron chi connectivity index (χ1n) is 5.94. The monoisotopic (exact) mass is 295 g/mol. The zero-order valence-corrected chi connectivity index (χ0v) is 12.2. The maximum Gasteiger partial charge on any atom is 0.161 e. The van der Waals surface area contributed by atoms with E-state index in [0.717, 1.165) is 28.8 Å². The van der Waals surface area contributed by atoms with Gasteiger partial charge in [0.15, 0.2) is 5.78 Å². The SMILES string of the molecule is CC(=O)c1ccc(Br)cc1N1CCC(C)(C)C1. The van der Waals surface area contributed by atoms with Crippen LogP contribution in [-0.2, 0) is 0 Å². The van der Waals surface area contributed by atoms with Crippen LogP contribution in [0.3, 0.4) is 0 Å². The smallest absolute Gasteiger partial charge is 0.161 e. The minimum absolute atomic E-state index is 0.136. The molecule has 0 unspecified atom stereocenters. The molecule has 0 N–H and O–H groups in total. The quantitative estimate of drug-likeness (QED) is 0.772. The Labute approximate surface area is 111 Å². The van der Waals surface area contributed by atoms with Crippen LogP contribution in [-0.4, -0.2) is 18.9 Å².